The van der Waals surface area contributed by atoms with Crippen molar-refractivity contribution in [3.63, 3.8) is 0 Å². The summed E-state index contributed by atoms with van der Waals surface area (Å²) in [5, 5.41) is 3.95. The summed E-state index contributed by atoms with van der Waals surface area (Å²) in [6.45, 7) is 0. The van der Waals surface area contributed by atoms with Crippen LogP contribution in [0.1, 0.15) is 5.56 Å². The molecule has 17 heavy (non-hydrogen) atoms. The third-order valence-electron chi connectivity index (χ3n) is 2.10. The minimum atomic E-state index is -4.37. The van der Waals surface area contributed by atoms with Gasteiger partial charge >= 0.3 is 6.18 Å². The molecule has 0 unspecified atom stereocenters. The molecule has 0 amide bonds. The van der Waals surface area contributed by atoms with E-state index in [1.807, 2.05) is 6.26 Å². The van der Waals surface area contributed by atoms with Gasteiger partial charge in [-0.15, -0.1) is 11.8 Å². The second-order valence-electron chi connectivity index (χ2n) is 3.23. The smallest absolute Gasteiger partial charge is 0.237 e. The normalized spacial score (nSPS) is 11.8. The first-order chi connectivity index (χ1) is 8.00. The molecule has 0 aliphatic rings. The summed E-state index contributed by atoms with van der Waals surface area (Å²) in [4.78, 5) is 4.73. The lowest BCUT2D eigenvalue weighted by Crippen LogP contribution is -2.07. The predicted octanol–water partition coefficient (Wildman–Crippen LogP) is 3.01. The van der Waals surface area contributed by atoms with Gasteiger partial charge in [0.05, 0.1) is 11.8 Å². The Hall–Kier alpha value is -1.50. The molecule has 0 saturated heterocycles. The first-order valence-electron chi connectivity index (χ1n) is 4.63. The van der Waals surface area contributed by atoms with Crippen LogP contribution >= 0.6 is 11.8 Å². The predicted molar refractivity (Wildman–Crippen MR) is 58.1 cm³/mol. The summed E-state index contributed by atoms with van der Waals surface area (Å²) in [7, 11) is 0. The van der Waals surface area contributed by atoms with Crippen molar-refractivity contribution in [1.82, 2.24) is 14.8 Å². The van der Waals surface area contributed by atoms with Gasteiger partial charge in [0.2, 0.25) is 0 Å². The van der Waals surface area contributed by atoms with Crippen molar-refractivity contribution < 1.29 is 13.2 Å². The third-order valence-corrected chi connectivity index (χ3v) is 2.78. The van der Waals surface area contributed by atoms with Crippen LogP contribution in [-0.2, 0) is 6.18 Å². The second-order valence-corrected chi connectivity index (χ2v) is 4.10. The first kappa shape index (κ1) is 12.0. The fourth-order valence-corrected chi connectivity index (χ4v) is 1.61. The van der Waals surface area contributed by atoms with Gasteiger partial charge in [-0.1, -0.05) is 0 Å². The molecule has 2 heterocycles. The van der Waals surface area contributed by atoms with Gasteiger partial charge in [-0.05, 0) is 18.4 Å². The van der Waals surface area contributed by atoms with E-state index in [-0.39, 0.29) is 5.82 Å². The van der Waals surface area contributed by atoms with Gasteiger partial charge in [-0.3, -0.25) is 0 Å². The lowest BCUT2D eigenvalue weighted by Gasteiger charge is -2.07. The number of alkyl halides is 3. The maximum absolute atomic E-state index is 12.5. The van der Waals surface area contributed by atoms with Gasteiger partial charge in [0, 0.05) is 17.3 Å². The molecule has 0 saturated carbocycles. The van der Waals surface area contributed by atoms with Crippen molar-refractivity contribution in [3.05, 3.63) is 36.3 Å². The van der Waals surface area contributed by atoms with E-state index in [4.69, 9.17) is 0 Å². The van der Waals surface area contributed by atoms with Gasteiger partial charge in [0.1, 0.15) is 0 Å². The van der Waals surface area contributed by atoms with Crippen molar-refractivity contribution in [2.75, 3.05) is 6.26 Å². The molecule has 0 atom stereocenters. The fourth-order valence-electron chi connectivity index (χ4n) is 1.26. The van der Waals surface area contributed by atoms with E-state index in [9.17, 15) is 13.2 Å². The largest absolute Gasteiger partial charge is 0.416 e. The number of nitrogens with zero attached hydrogens (tertiary/aromatic N) is 3. The van der Waals surface area contributed by atoms with Gasteiger partial charge in [0.25, 0.3) is 0 Å². The molecule has 3 nitrogen and oxygen atoms in total. The Bertz CT molecular complexity index is 522. The number of thioether (sulfide) groups is 1. The summed E-state index contributed by atoms with van der Waals surface area (Å²) >= 11 is 1.46. The molecule has 0 N–H and O–H groups in total. The van der Waals surface area contributed by atoms with Gasteiger partial charge < -0.3 is 0 Å². The van der Waals surface area contributed by atoms with Crippen LogP contribution < -0.4 is 0 Å². The molecular weight excluding hydrogens is 251 g/mol. The Kier molecular flexibility index (Phi) is 3.10. The Morgan fingerprint density at radius 1 is 1.35 bits per heavy atom. The summed E-state index contributed by atoms with van der Waals surface area (Å²) in [6.07, 6.45) is 1.83. The van der Waals surface area contributed by atoms with Crippen molar-refractivity contribution in [2.45, 2.75) is 11.1 Å². The van der Waals surface area contributed by atoms with E-state index in [1.165, 1.54) is 16.4 Å². The van der Waals surface area contributed by atoms with E-state index < -0.39 is 11.7 Å². The highest BCUT2D eigenvalue weighted by Crippen LogP contribution is 2.29. The molecular formula is C10H8F3N3S. The maximum atomic E-state index is 12.5. The molecule has 2 rings (SSSR count). The summed E-state index contributed by atoms with van der Waals surface area (Å²) in [5.74, 6) is 0.153. The quantitative estimate of drug-likeness (QED) is 0.777. The highest BCUT2D eigenvalue weighted by Gasteiger charge is 2.30. The van der Waals surface area contributed by atoms with Crippen LogP contribution in [0.2, 0.25) is 0 Å². The van der Waals surface area contributed by atoms with Crippen LogP contribution in [0, 0.1) is 0 Å². The Balaban J connectivity index is 2.39. The first-order valence-corrected chi connectivity index (χ1v) is 5.85. The highest BCUT2D eigenvalue weighted by atomic mass is 32.2. The molecule has 90 valence electrons. The van der Waals surface area contributed by atoms with E-state index in [0.29, 0.717) is 0 Å². The molecule has 2 aromatic rings. The highest BCUT2D eigenvalue weighted by molar-refractivity contribution is 7.98. The van der Waals surface area contributed by atoms with Crippen LogP contribution in [0.25, 0.3) is 5.82 Å². The molecule has 2 aromatic heterocycles. The Morgan fingerprint density at radius 3 is 2.71 bits per heavy atom. The van der Waals surface area contributed by atoms with Crippen LogP contribution in [-0.4, -0.2) is 21.0 Å². The molecule has 7 heteroatoms. The lowest BCUT2D eigenvalue weighted by atomic mass is 10.2. The number of rotatable bonds is 2. The average Bonchev–Trinajstić information content (AvgIpc) is 2.76. The van der Waals surface area contributed by atoms with E-state index in [0.717, 1.165) is 23.2 Å². The van der Waals surface area contributed by atoms with Crippen molar-refractivity contribution in [2.24, 2.45) is 0 Å². The van der Waals surface area contributed by atoms with Crippen LogP contribution in [0.4, 0.5) is 13.2 Å². The van der Waals surface area contributed by atoms with Crippen LogP contribution in [0.3, 0.4) is 0 Å². The molecule has 0 bridgehead atoms. The van der Waals surface area contributed by atoms with Crippen molar-refractivity contribution in [3.8, 4) is 5.82 Å². The molecule has 0 aliphatic carbocycles. The second kappa shape index (κ2) is 4.40. The number of aromatic nitrogens is 3. The van der Waals surface area contributed by atoms with Crippen molar-refractivity contribution >= 4 is 11.8 Å². The number of hydrogen-bond acceptors (Lipinski definition) is 3. The standard InChI is InChI=1S/C10H8F3N3S/c1-17-8-5-15-16(6-8)9-4-7(2-3-14-9)10(11,12)13/h2-6H,1H3. The minimum absolute atomic E-state index is 0.153. The fraction of sp³-hybridized carbons (Fsp3) is 0.200. The molecule has 0 radical (unpaired) electrons. The topological polar surface area (TPSA) is 30.7 Å². The number of pyridine rings is 1. The summed E-state index contributed by atoms with van der Waals surface area (Å²) in [6, 6.07) is 1.90. The summed E-state index contributed by atoms with van der Waals surface area (Å²) < 4.78 is 38.8. The molecule has 0 fully saturated rings. The average molecular weight is 259 g/mol. The zero-order chi connectivity index (χ0) is 12.5. The molecule has 0 aromatic carbocycles. The molecule has 0 spiro atoms. The van der Waals surface area contributed by atoms with Crippen LogP contribution in [0.15, 0.2) is 35.6 Å². The third kappa shape index (κ3) is 2.60. The number of hydrogen-bond donors (Lipinski definition) is 0. The van der Waals surface area contributed by atoms with E-state index >= 15 is 0 Å². The Labute approximate surface area is 99.7 Å². The van der Waals surface area contributed by atoms with Gasteiger partial charge in [-0.25, -0.2) is 9.67 Å². The zero-order valence-corrected chi connectivity index (χ0v) is 9.59. The number of halogens is 3. The lowest BCUT2D eigenvalue weighted by molar-refractivity contribution is -0.137. The zero-order valence-electron chi connectivity index (χ0n) is 8.77. The van der Waals surface area contributed by atoms with Crippen LogP contribution in [0.5, 0.6) is 0 Å². The van der Waals surface area contributed by atoms with Crippen molar-refractivity contribution in [1.29, 1.82) is 0 Å². The minimum Gasteiger partial charge on any atom is -0.237 e. The van der Waals surface area contributed by atoms with Gasteiger partial charge in [-0.2, -0.15) is 18.3 Å². The summed E-state index contributed by atoms with van der Waals surface area (Å²) in [5.41, 5.74) is -0.733. The van der Waals surface area contributed by atoms with Gasteiger partial charge in [0.15, 0.2) is 5.82 Å². The van der Waals surface area contributed by atoms with E-state index in [2.05, 4.69) is 10.1 Å². The Morgan fingerprint density at radius 2 is 2.12 bits per heavy atom. The SMILES string of the molecule is CSc1cnn(-c2cc(C(F)(F)F)ccn2)c1. The monoisotopic (exact) mass is 259 g/mol. The van der Waals surface area contributed by atoms with E-state index in [1.54, 1.807) is 12.4 Å². The molecule has 0 aliphatic heterocycles. The maximum Gasteiger partial charge on any atom is 0.416 e.